The normalized spacial score (nSPS) is 40.9. The summed E-state index contributed by atoms with van der Waals surface area (Å²) in [6, 6.07) is 0. The van der Waals surface area contributed by atoms with Crippen LogP contribution in [0.5, 0.6) is 0 Å². The molecule has 0 bridgehead atoms. The standard InChI is InChI=1S/C11H22O2PS/c1-15(2)9-5-11(10-15)4-8-14(12)7-3-6-13-14/h5,9,11-12H,3-4,6-8,10H2,1-2H3/q+1. The van der Waals surface area contributed by atoms with E-state index in [-0.39, 0.29) is 0 Å². The lowest BCUT2D eigenvalue weighted by Crippen LogP contribution is -2.08. The van der Waals surface area contributed by atoms with E-state index in [0.29, 0.717) is 5.92 Å². The van der Waals surface area contributed by atoms with Crippen LogP contribution in [0.2, 0.25) is 0 Å². The zero-order chi connectivity index (χ0) is 10.9. The van der Waals surface area contributed by atoms with Gasteiger partial charge in [-0.3, -0.25) is 0 Å². The molecule has 1 saturated heterocycles. The van der Waals surface area contributed by atoms with E-state index in [1.807, 2.05) is 0 Å². The maximum absolute atomic E-state index is 10.2. The van der Waals surface area contributed by atoms with E-state index in [9.17, 15) is 4.89 Å². The highest BCUT2D eigenvalue weighted by atomic mass is 32.3. The number of allylic oxidation sites excluding steroid dienone is 1. The summed E-state index contributed by atoms with van der Waals surface area (Å²) in [4.78, 5) is 10.2. The molecule has 0 spiro atoms. The molecule has 1 fully saturated rings. The molecule has 0 saturated carbocycles. The van der Waals surface area contributed by atoms with Gasteiger partial charge in [-0.05, 0) is 30.6 Å². The fraction of sp³-hybridized carbons (Fsp3) is 0.818. The molecule has 2 nitrogen and oxygen atoms in total. The van der Waals surface area contributed by atoms with Crippen molar-refractivity contribution in [3.05, 3.63) is 11.5 Å². The van der Waals surface area contributed by atoms with E-state index in [2.05, 4.69) is 24.0 Å². The zero-order valence-electron chi connectivity index (χ0n) is 9.69. The lowest BCUT2D eigenvalue weighted by Gasteiger charge is -2.23. The smallest absolute Gasteiger partial charge is 0.227 e. The molecule has 88 valence electrons. The van der Waals surface area contributed by atoms with Crippen LogP contribution in [0.3, 0.4) is 0 Å². The van der Waals surface area contributed by atoms with Crippen LogP contribution in [-0.4, -0.2) is 42.1 Å². The van der Waals surface area contributed by atoms with Crippen molar-refractivity contribution in [2.24, 2.45) is 5.92 Å². The van der Waals surface area contributed by atoms with Crippen molar-refractivity contribution < 1.29 is 9.42 Å². The Kier molecular flexibility index (Phi) is 3.47. The molecule has 1 N–H and O–H groups in total. The summed E-state index contributed by atoms with van der Waals surface area (Å²) in [6.07, 6.45) is 11.1. The van der Waals surface area contributed by atoms with Gasteiger partial charge in [-0.1, -0.05) is 11.5 Å². The highest BCUT2D eigenvalue weighted by Gasteiger charge is 2.42. The predicted molar refractivity (Wildman–Crippen MR) is 71.0 cm³/mol. The van der Waals surface area contributed by atoms with Crippen LogP contribution in [0.1, 0.15) is 12.8 Å². The molecule has 0 aromatic rings. The van der Waals surface area contributed by atoms with E-state index in [4.69, 9.17) is 4.52 Å². The van der Waals surface area contributed by atoms with Crippen LogP contribution in [0.15, 0.2) is 11.5 Å². The molecule has 2 heterocycles. The molecule has 4 heteroatoms. The molecule has 0 aromatic carbocycles. The third kappa shape index (κ3) is 3.20. The van der Waals surface area contributed by atoms with Crippen LogP contribution in [-0.2, 0) is 4.52 Å². The first-order valence-corrected chi connectivity index (χ1v) is 10.3. The monoisotopic (exact) mass is 249 g/mol. The van der Waals surface area contributed by atoms with Gasteiger partial charge in [0.25, 0.3) is 7.72 Å². The van der Waals surface area contributed by atoms with E-state index in [1.54, 1.807) is 0 Å². The van der Waals surface area contributed by atoms with Crippen molar-refractivity contribution in [1.82, 2.24) is 0 Å². The average Bonchev–Trinajstić information content (AvgIpc) is 2.70. The second kappa shape index (κ2) is 4.37. The van der Waals surface area contributed by atoms with Crippen molar-refractivity contribution in [3.63, 3.8) is 0 Å². The van der Waals surface area contributed by atoms with Crippen molar-refractivity contribution in [1.29, 1.82) is 0 Å². The maximum atomic E-state index is 10.2. The fourth-order valence-electron chi connectivity index (χ4n) is 2.32. The second-order valence-electron chi connectivity index (χ2n) is 5.15. The topological polar surface area (TPSA) is 29.5 Å². The Morgan fingerprint density at radius 1 is 1.53 bits per heavy atom. The van der Waals surface area contributed by atoms with Gasteiger partial charge in [0.15, 0.2) is 0 Å². The molecule has 0 aliphatic carbocycles. The molecular weight excluding hydrogens is 227 g/mol. The van der Waals surface area contributed by atoms with Crippen LogP contribution >= 0.6 is 17.7 Å². The summed E-state index contributed by atoms with van der Waals surface area (Å²) in [5, 5.41) is 2.40. The summed E-state index contributed by atoms with van der Waals surface area (Å²) >= 11 is 0. The third-order valence-corrected chi connectivity index (χ3v) is 8.01. The van der Waals surface area contributed by atoms with E-state index >= 15 is 0 Å². The summed E-state index contributed by atoms with van der Waals surface area (Å²) in [6.45, 7) is 0.779. The highest BCUT2D eigenvalue weighted by Crippen LogP contribution is 2.61. The van der Waals surface area contributed by atoms with Crippen molar-refractivity contribution in [2.75, 3.05) is 37.2 Å². The Morgan fingerprint density at radius 3 is 2.87 bits per heavy atom. The zero-order valence-corrected chi connectivity index (χ0v) is 11.4. The van der Waals surface area contributed by atoms with Gasteiger partial charge in [0.1, 0.15) is 12.3 Å². The van der Waals surface area contributed by atoms with E-state index in [1.165, 1.54) is 5.75 Å². The van der Waals surface area contributed by atoms with Crippen LogP contribution in [0.25, 0.3) is 0 Å². The molecule has 0 radical (unpaired) electrons. The molecule has 2 unspecified atom stereocenters. The second-order valence-corrected chi connectivity index (χ2v) is 11.8. The average molecular weight is 249 g/mol. The minimum atomic E-state index is -1.94. The summed E-state index contributed by atoms with van der Waals surface area (Å²) in [5.74, 6) is 2.01. The van der Waals surface area contributed by atoms with Crippen LogP contribution < -0.4 is 0 Å². The Morgan fingerprint density at radius 2 is 2.33 bits per heavy atom. The minimum Gasteiger partial charge on any atom is -0.227 e. The predicted octanol–water partition coefficient (Wildman–Crippen LogP) is 2.84. The number of rotatable bonds is 3. The number of hydrogen-bond acceptors (Lipinski definition) is 2. The number of hydrogen-bond donors (Lipinski definition) is 1. The lowest BCUT2D eigenvalue weighted by atomic mass is 10.1. The Labute approximate surface area is 94.9 Å². The largest absolute Gasteiger partial charge is 0.271 e. The van der Waals surface area contributed by atoms with Gasteiger partial charge in [0.2, 0.25) is 0 Å². The van der Waals surface area contributed by atoms with Gasteiger partial charge >= 0.3 is 0 Å². The SMILES string of the molecule is CS1(C)C=CC(CC[P+]2(O)CCCO2)C1. The van der Waals surface area contributed by atoms with Gasteiger partial charge in [0.05, 0.1) is 6.61 Å². The first-order valence-electron chi connectivity index (χ1n) is 5.63. The fourth-order valence-corrected chi connectivity index (χ4v) is 6.77. The van der Waals surface area contributed by atoms with Crippen molar-refractivity contribution >= 4 is 17.7 Å². The van der Waals surface area contributed by atoms with Crippen molar-refractivity contribution in [2.45, 2.75) is 12.8 Å². The molecule has 2 aliphatic heterocycles. The van der Waals surface area contributed by atoms with E-state index < -0.39 is 17.7 Å². The summed E-state index contributed by atoms with van der Waals surface area (Å²) < 4.78 is 5.50. The molecular formula is C11H22O2PS+. The maximum Gasteiger partial charge on any atom is 0.271 e. The molecule has 2 aliphatic rings. The summed E-state index contributed by atoms with van der Waals surface area (Å²) in [7, 11) is -2.39. The van der Waals surface area contributed by atoms with Crippen LogP contribution in [0.4, 0.5) is 0 Å². The Hall–Kier alpha value is 0.440. The first kappa shape index (κ1) is 11.9. The highest BCUT2D eigenvalue weighted by molar-refractivity contribution is 8.35. The Bertz CT molecular complexity index is 259. The van der Waals surface area contributed by atoms with Gasteiger partial charge in [-0.25, -0.2) is 19.4 Å². The van der Waals surface area contributed by atoms with Gasteiger partial charge in [-0.2, -0.15) is 0 Å². The molecule has 2 rings (SSSR count). The van der Waals surface area contributed by atoms with Gasteiger partial charge in [0, 0.05) is 6.42 Å². The minimum absolute atomic E-state index is 0.452. The van der Waals surface area contributed by atoms with E-state index in [0.717, 1.165) is 31.8 Å². The van der Waals surface area contributed by atoms with Gasteiger partial charge in [-0.15, -0.1) is 0 Å². The molecule has 15 heavy (non-hydrogen) atoms. The van der Waals surface area contributed by atoms with Crippen molar-refractivity contribution in [3.8, 4) is 0 Å². The van der Waals surface area contributed by atoms with Gasteiger partial charge < -0.3 is 0 Å². The quantitative estimate of drug-likeness (QED) is 0.779. The molecule has 0 amide bonds. The molecule has 2 atom stereocenters. The Balaban J connectivity index is 1.77. The van der Waals surface area contributed by atoms with Crippen LogP contribution in [0, 0.1) is 5.92 Å². The lowest BCUT2D eigenvalue weighted by molar-refractivity contribution is 0.328. The summed E-state index contributed by atoms with van der Waals surface area (Å²) in [5.41, 5.74) is 0. The first-order chi connectivity index (χ1) is 6.99. The third-order valence-electron chi connectivity index (χ3n) is 3.20. The molecule has 0 aromatic heterocycles.